The van der Waals surface area contributed by atoms with Crippen molar-refractivity contribution in [2.24, 2.45) is 5.92 Å². The van der Waals surface area contributed by atoms with E-state index in [9.17, 15) is 4.79 Å². The lowest BCUT2D eigenvalue weighted by Crippen LogP contribution is -2.47. The van der Waals surface area contributed by atoms with Gasteiger partial charge in [0.05, 0.1) is 6.54 Å². The van der Waals surface area contributed by atoms with Crippen molar-refractivity contribution >= 4 is 5.91 Å². The monoisotopic (exact) mass is 260 g/mol. The second-order valence-corrected chi connectivity index (χ2v) is 5.94. The Kier molecular flexibility index (Phi) is 4.59. The number of hydrogen-bond acceptors (Lipinski definition) is 2. The predicted molar refractivity (Wildman–Crippen MR) is 77.9 cm³/mol. The summed E-state index contributed by atoms with van der Waals surface area (Å²) < 4.78 is 0. The first kappa shape index (κ1) is 14.1. The molecule has 0 saturated carbocycles. The SMILES string of the molecule is CC(C)Cc1ccc(CN2CCN(C)C(=O)C2)cc1. The van der Waals surface area contributed by atoms with Crippen molar-refractivity contribution < 1.29 is 4.79 Å². The Hall–Kier alpha value is -1.35. The van der Waals surface area contributed by atoms with Gasteiger partial charge in [0.2, 0.25) is 5.91 Å². The van der Waals surface area contributed by atoms with E-state index >= 15 is 0 Å². The molecule has 1 fully saturated rings. The zero-order valence-electron chi connectivity index (χ0n) is 12.2. The number of likely N-dealkylation sites (N-methyl/N-ethyl adjacent to an activating group) is 1. The molecule has 1 amide bonds. The van der Waals surface area contributed by atoms with Crippen LogP contribution < -0.4 is 0 Å². The van der Waals surface area contributed by atoms with Gasteiger partial charge in [-0.25, -0.2) is 0 Å². The molecule has 0 unspecified atom stereocenters. The fraction of sp³-hybridized carbons (Fsp3) is 0.562. The predicted octanol–water partition coefficient (Wildman–Crippen LogP) is 2.16. The molecule has 1 aliphatic heterocycles. The van der Waals surface area contributed by atoms with Gasteiger partial charge >= 0.3 is 0 Å². The third-order valence-corrected chi connectivity index (χ3v) is 3.61. The van der Waals surface area contributed by atoms with Gasteiger partial charge in [0.15, 0.2) is 0 Å². The van der Waals surface area contributed by atoms with Crippen LogP contribution in [0.4, 0.5) is 0 Å². The van der Waals surface area contributed by atoms with Crippen molar-refractivity contribution in [1.29, 1.82) is 0 Å². The molecule has 3 heteroatoms. The average molecular weight is 260 g/mol. The van der Waals surface area contributed by atoms with Gasteiger partial charge in [0, 0.05) is 26.7 Å². The Morgan fingerprint density at radius 2 is 1.74 bits per heavy atom. The van der Waals surface area contributed by atoms with Crippen molar-refractivity contribution in [3.05, 3.63) is 35.4 Å². The van der Waals surface area contributed by atoms with E-state index in [0.29, 0.717) is 12.5 Å². The van der Waals surface area contributed by atoms with E-state index in [2.05, 4.69) is 43.0 Å². The van der Waals surface area contributed by atoms with Gasteiger partial charge in [0.1, 0.15) is 0 Å². The number of rotatable bonds is 4. The largest absolute Gasteiger partial charge is 0.343 e. The summed E-state index contributed by atoms with van der Waals surface area (Å²) in [5, 5.41) is 0. The molecule has 104 valence electrons. The number of piperazine rings is 1. The highest BCUT2D eigenvalue weighted by molar-refractivity contribution is 5.78. The van der Waals surface area contributed by atoms with Crippen LogP contribution in [0.3, 0.4) is 0 Å². The third-order valence-electron chi connectivity index (χ3n) is 3.61. The van der Waals surface area contributed by atoms with E-state index in [4.69, 9.17) is 0 Å². The van der Waals surface area contributed by atoms with E-state index in [1.54, 1.807) is 0 Å². The van der Waals surface area contributed by atoms with Crippen LogP contribution in [-0.4, -0.2) is 42.4 Å². The number of nitrogens with zero attached hydrogens (tertiary/aromatic N) is 2. The standard InChI is InChI=1S/C16H24N2O/c1-13(2)10-14-4-6-15(7-5-14)11-18-9-8-17(3)16(19)12-18/h4-7,13H,8-12H2,1-3H3. The topological polar surface area (TPSA) is 23.6 Å². The van der Waals surface area contributed by atoms with Gasteiger partial charge in [-0.15, -0.1) is 0 Å². The highest BCUT2D eigenvalue weighted by Gasteiger charge is 2.20. The Labute approximate surface area is 116 Å². The van der Waals surface area contributed by atoms with Crippen molar-refractivity contribution in [3.63, 3.8) is 0 Å². The average Bonchev–Trinajstić information content (AvgIpc) is 2.36. The van der Waals surface area contributed by atoms with Crippen LogP contribution in [0.5, 0.6) is 0 Å². The van der Waals surface area contributed by atoms with Gasteiger partial charge in [0.25, 0.3) is 0 Å². The molecule has 0 atom stereocenters. The molecular weight excluding hydrogens is 236 g/mol. The zero-order chi connectivity index (χ0) is 13.8. The molecule has 0 aromatic heterocycles. The fourth-order valence-corrected chi connectivity index (χ4v) is 2.45. The molecular formula is C16H24N2O. The van der Waals surface area contributed by atoms with Crippen LogP contribution in [0.1, 0.15) is 25.0 Å². The van der Waals surface area contributed by atoms with E-state index in [0.717, 1.165) is 26.1 Å². The maximum atomic E-state index is 11.7. The van der Waals surface area contributed by atoms with E-state index in [-0.39, 0.29) is 5.91 Å². The van der Waals surface area contributed by atoms with E-state index in [1.807, 2.05) is 11.9 Å². The van der Waals surface area contributed by atoms with Crippen LogP contribution in [0, 0.1) is 5.92 Å². The van der Waals surface area contributed by atoms with Gasteiger partial charge in [-0.2, -0.15) is 0 Å². The number of carbonyl (C=O) groups excluding carboxylic acids is 1. The van der Waals surface area contributed by atoms with Crippen molar-refractivity contribution in [3.8, 4) is 0 Å². The van der Waals surface area contributed by atoms with E-state index < -0.39 is 0 Å². The lowest BCUT2D eigenvalue weighted by atomic mass is 10.0. The summed E-state index contributed by atoms with van der Waals surface area (Å²) in [5.74, 6) is 0.920. The van der Waals surface area contributed by atoms with Gasteiger partial charge in [-0.3, -0.25) is 9.69 Å². The smallest absolute Gasteiger partial charge is 0.236 e. The molecule has 1 aromatic carbocycles. The van der Waals surface area contributed by atoms with Crippen LogP contribution in [0.15, 0.2) is 24.3 Å². The third kappa shape index (κ3) is 4.06. The summed E-state index contributed by atoms with van der Waals surface area (Å²) >= 11 is 0. The summed E-state index contributed by atoms with van der Waals surface area (Å²) in [6.45, 7) is 7.71. The molecule has 1 aromatic rings. The van der Waals surface area contributed by atoms with Crippen molar-refractivity contribution in [2.45, 2.75) is 26.8 Å². The molecule has 0 N–H and O–H groups in total. The number of amides is 1. The number of hydrogen-bond donors (Lipinski definition) is 0. The second kappa shape index (κ2) is 6.20. The van der Waals surface area contributed by atoms with Crippen LogP contribution in [0.2, 0.25) is 0 Å². The highest BCUT2D eigenvalue weighted by Crippen LogP contribution is 2.12. The molecule has 0 spiro atoms. The van der Waals surface area contributed by atoms with E-state index in [1.165, 1.54) is 11.1 Å². The Morgan fingerprint density at radius 3 is 2.32 bits per heavy atom. The van der Waals surface area contributed by atoms with Crippen LogP contribution in [-0.2, 0) is 17.8 Å². The molecule has 0 bridgehead atoms. The minimum atomic E-state index is 0.225. The quantitative estimate of drug-likeness (QED) is 0.828. The van der Waals surface area contributed by atoms with Crippen molar-refractivity contribution in [1.82, 2.24) is 9.80 Å². The van der Waals surface area contributed by atoms with Gasteiger partial charge in [-0.1, -0.05) is 38.1 Å². The zero-order valence-corrected chi connectivity index (χ0v) is 12.2. The first-order valence-electron chi connectivity index (χ1n) is 7.08. The summed E-state index contributed by atoms with van der Waals surface area (Å²) in [6.07, 6.45) is 1.13. The van der Waals surface area contributed by atoms with Crippen LogP contribution in [0.25, 0.3) is 0 Å². The molecule has 3 nitrogen and oxygen atoms in total. The second-order valence-electron chi connectivity index (χ2n) is 5.94. The Balaban J connectivity index is 1.91. The molecule has 1 heterocycles. The van der Waals surface area contributed by atoms with Crippen LogP contribution >= 0.6 is 0 Å². The summed E-state index contributed by atoms with van der Waals surface area (Å²) in [6, 6.07) is 8.82. The summed E-state index contributed by atoms with van der Waals surface area (Å²) in [7, 11) is 1.88. The Bertz CT molecular complexity index is 425. The maximum absolute atomic E-state index is 11.7. The summed E-state index contributed by atoms with van der Waals surface area (Å²) in [4.78, 5) is 15.7. The lowest BCUT2D eigenvalue weighted by Gasteiger charge is -2.31. The first-order valence-corrected chi connectivity index (χ1v) is 7.08. The molecule has 1 saturated heterocycles. The Morgan fingerprint density at radius 1 is 1.11 bits per heavy atom. The first-order chi connectivity index (χ1) is 9.04. The number of benzene rings is 1. The molecule has 19 heavy (non-hydrogen) atoms. The maximum Gasteiger partial charge on any atom is 0.236 e. The lowest BCUT2D eigenvalue weighted by molar-refractivity contribution is -0.134. The van der Waals surface area contributed by atoms with Gasteiger partial charge in [-0.05, 0) is 23.5 Å². The number of carbonyl (C=O) groups is 1. The minimum Gasteiger partial charge on any atom is -0.343 e. The normalized spacial score (nSPS) is 17.3. The molecule has 0 radical (unpaired) electrons. The van der Waals surface area contributed by atoms with Crippen molar-refractivity contribution in [2.75, 3.05) is 26.7 Å². The van der Waals surface area contributed by atoms with Gasteiger partial charge < -0.3 is 4.90 Å². The molecule has 1 aliphatic rings. The summed E-state index contributed by atoms with van der Waals surface area (Å²) in [5.41, 5.74) is 2.69. The fourth-order valence-electron chi connectivity index (χ4n) is 2.45. The molecule has 0 aliphatic carbocycles. The highest BCUT2D eigenvalue weighted by atomic mass is 16.2. The minimum absolute atomic E-state index is 0.225. The molecule has 2 rings (SSSR count).